The van der Waals surface area contributed by atoms with Gasteiger partial charge in [-0.2, -0.15) is 4.98 Å². The molecule has 5 nitrogen and oxygen atoms in total. The molecule has 0 spiro atoms. The van der Waals surface area contributed by atoms with Crippen molar-refractivity contribution in [3.63, 3.8) is 0 Å². The van der Waals surface area contributed by atoms with E-state index in [-0.39, 0.29) is 11.6 Å². The maximum atomic E-state index is 12.5. The van der Waals surface area contributed by atoms with Gasteiger partial charge in [0.1, 0.15) is 5.25 Å². The van der Waals surface area contributed by atoms with Crippen LogP contribution in [0.15, 0.2) is 28.8 Å². The van der Waals surface area contributed by atoms with Crippen LogP contribution in [0.4, 0.5) is 0 Å². The molecule has 1 atom stereocenters. The smallest absolute Gasteiger partial charge is 0.244 e. The van der Waals surface area contributed by atoms with Gasteiger partial charge in [-0.05, 0) is 25.0 Å². The average Bonchev–Trinajstić information content (AvgIpc) is 2.95. The summed E-state index contributed by atoms with van der Waals surface area (Å²) >= 11 is 6.03. The third-order valence-electron chi connectivity index (χ3n) is 3.44. The summed E-state index contributed by atoms with van der Waals surface area (Å²) in [5.41, 5.74) is 0.571. The Morgan fingerprint density at radius 3 is 2.73 bits per heavy atom. The van der Waals surface area contributed by atoms with Crippen molar-refractivity contribution in [1.29, 1.82) is 0 Å². The highest BCUT2D eigenvalue weighted by Gasteiger charge is 2.28. The Labute approximate surface area is 135 Å². The number of aryl methyl sites for hydroxylation is 1. The van der Waals surface area contributed by atoms with Gasteiger partial charge >= 0.3 is 0 Å². The first kappa shape index (κ1) is 17.0. The molecule has 1 aromatic heterocycles. The van der Waals surface area contributed by atoms with Gasteiger partial charge in [0.2, 0.25) is 5.89 Å². The molecule has 2 rings (SSSR count). The molecule has 2 aromatic rings. The number of aromatic nitrogens is 2. The predicted octanol–water partition coefficient (Wildman–Crippen LogP) is 3.74. The van der Waals surface area contributed by atoms with Gasteiger partial charge in [0.15, 0.2) is 15.7 Å². The topological polar surface area (TPSA) is 73.1 Å². The fourth-order valence-corrected chi connectivity index (χ4v) is 3.60. The lowest BCUT2D eigenvalue weighted by Crippen LogP contribution is -2.13. The van der Waals surface area contributed by atoms with Gasteiger partial charge in [-0.1, -0.05) is 48.3 Å². The minimum absolute atomic E-state index is 0.137. The third-order valence-corrected chi connectivity index (χ3v) is 5.80. The second-order valence-corrected chi connectivity index (χ2v) is 7.92. The van der Waals surface area contributed by atoms with Gasteiger partial charge in [0.25, 0.3) is 0 Å². The van der Waals surface area contributed by atoms with E-state index in [1.165, 1.54) is 0 Å². The van der Waals surface area contributed by atoms with E-state index in [0.29, 0.717) is 22.8 Å². The predicted molar refractivity (Wildman–Crippen MR) is 85.4 cm³/mol. The minimum atomic E-state index is -3.48. The van der Waals surface area contributed by atoms with Crippen molar-refractivity contribution in [2.45, 2.75) is 44.1 Å². The van der Waals surface area contributed by atoms with Crippen molar-refractivity contribution in [3.05, 3.63) is 46.6 Å². The van der Waals surface area contributed by atoms with Gasteiger partial charge in [0.05, 0.1) is 5.75 Å². The van der Waals surface area contributed by atoms with Gasteiger partial charge in [0, 0.05) is 11.4 Å². The van der Waals surface area contributed by atoms with Crippen LogP contribution in [0.5, 0.6) is 0 Å². The molecule has 0 aliphatic heterocycles. The second kappa shape index (κ2) is 7.24. The molecule has 0 aliphatic carbocycles. The normalized spacial score (nSPS) is 13.2. The lowest BCUT2D eigenvalue weighted by molar-refractivity contribution is 0.370. The van der Waals surface area contributed by atoms with Crippen LogP contribution >= 0.6 is 11.6 Å². The molecule has 0 unspecified atom stereocenters. The number of rotatable bonds is 7. The molecule has 0 saturated heterocycles. The number of nitrogens with zero attached hydrogens (tertiary/aromatic N) is 2. The fraction of sp³-hybridized carbons (Fsp3) is 0.467. The van der Waals surface area contributed by atoms with E-state index in [4.69, 9.17) is 16.1 Å². The minimum Gasteiger partial charge on any atom is -0.338 e. The van der Waals surface area contributed by atoms with E-state index in [0.717, 1.165) is 12.8 Å². The molecular weight excluding hydrogens is 324 g/mol. The first-order valence-corrected chi connectivity index (χ1v) is 9.31. The number of sulfone groups is 1. The van der Waals surface area contributed by atoms with Crippen molar-refractivity contribution in [2.24, 2.45) is 0 Å². The Hall–Kier alpha value is -1.40. The van der Waals surface area contributed by atoms with Crippen molar-refractivity contribution in [1.82, 2.24) is 10.1 Å². The Balaban J connectivity index is 2.15. The average molecular weight is 343 g/mol. The quantitative estimate of drug-likeness (QED) is 0.766. The Morgan fingerprint density at radius 2 is 2.05 bits per heavy atom. The summed E-state index contributed by atoms with van der Waals surface area (Å²) in [6, 6.07) is 6.90. The zero-order valence-electron chi connectivity index (χ0n) is 12.6. The molecule has 1 heterocycles. The molecule has 0 bridgehead atoms. The lowest BCUT2D eigenvalue weighted by Gasteiger charge is -2.10. The molecule has 0 saturated carbocycles. The van der Waals surface area contributed by atoms with E-state index in [1.54, 1.807) is 31.2 Å². The molecule has 0 N–H and O–H groups in total. The van der Waals surface area contributed by atoms with E-state index in [1.807, 2.05) is 0 Å². The first-order valence-electron chi connectivity index (χ1n) is 7.21. The fourth-order valence-electron chi connectivity index (χ4n) is 1.98. The molecule has 7 heteroatoms. The molecule has 0 fully saturated rings. The number of hydrogen-bond acceptors (Lipinski definition) is 5. The zero-order chi connectivity index (χ0) is 16.2. The van der Waals surface area contributed by atoms with E-state index in [9.17, 15) is 8.42 Å². The SMILES string of the molecule is CCCCc1noc([C@@H](C)S(=O)(=O)Cc2ccccc2Cl)n1. The molecule has 0 radical (unpaired) electrons. The summed E-state index contributed by atoms with van der Waals surface area (Å²) in [6.07, 6.45) is 2.65. The van der Waals surface area contributed by atoms with E-state index >= 15 is 0 Å². The third kappa shape index (κ3) is 4.08. The van der Waals surface area contributed by atoms with Crippen LogP contribution in [0.1, 0.15) is 49.2 Å². The molecule has 120 valence electrons. The molecule has 0 aliphatic rings. The summed E-state index contributed by atoms with van der Waals surface area (Å²) < 4.78 is 30.1. The first-order chi connectivity index (χ1) is 10.4. The Kier molecular flexibility index (Phi) is 5.58. The van der Waals surface area contributed by atoms with Crippen molar-refractivity contribution >= 4 is 21.4 Å². The molecule has 22 heavy (non-hydrogen) atoms. The lowest BCUT2D eigenvalue weighted by atomic mass is 10.2. The largest absolute Gasteiger partial charge is 0.338 e. The van der Waals surface area contributed by atoms with Crippen molar-refractivity contribution in [2.75, 3.05) is 0 Å². The van der Waals surface area contributed by atoms with Crippen LogP contribution in [0.25, 0.3) is 0 Å². The van der Waals surface area contributed by atoms with Crippen LogP contribution in [0.3, 0.4) is 0 Å². The monoisotopic (exact) mass is 342 g/mol. The highest BCUT2D eigenvalue weighted by Crippen LogP contribution is 2.26. The number of hydrogen-bond donors (Lipinski definition) is 0. The summed E-state index contributed by atoms with van der Waals surface area (Å²) in [4.78, 5) is 4.19. The van der Waals surface area contributed by atoms with Crippen LogP contribution in [0, 0.1) is 0 Å². The van der Waals surface area contributed by atoms with Gasteiger partial charge in [-0.25, -0.2) is 8.42 Å². The Morgan fingerprint density at radius 1 is 1.32 bits per heavy atom. The zero-order valence-corrected chi connectivity index (χ0v) is 14.2. The summed E-state index contributed by atoms with van der Waals surface area (Å²) in [6.45, 7) is 3.63. The van der Waals surface area contributed by atoms with E-state index < -0.39 is 15.1 Å². The van der Waals surface area contributed by atoms with Crippen LogP contribution in [-0.2, 0) is 22.0 Å². The maximum Gasteiger partial charge on any atom is 0.244 e. The highest BCUT2D eigenvalue weighted by molar-refractivity contribution is 7.90. The van der Waals surface area contributed by atoms with Crippen molar-refractivity contribution < 1.29 is 12.9 Å². The van der Waals surface area contributed by atoms with Gasteiger partial charge < -0.3 is 4.52 Å². The van der Waals surface area contributed by atoms with Crippen molar-refractivity contribution in [3.8, 4) is 0 Å². The maximum absolute atomic E-state index is 12.5. The molecular formula is C15H19ClN2O3S. The number of halogens is 1. The van der Waals surface area contributed by atoms with Crippen LogP contribution < -0.4 is 0 Å². The number of benzene rings is 1. The Bertz CT molecular complexity index is 728. The van der Waals surface area contributed by atoms with Gasteiger partial charge in [-0.3, -0.25) is 0 Å². The van der Waals surface area contributed by atoms with Gasteiger partial charge in [-0.15, -0.1) is 0 Å². The van der Waals surface area contributed by atoms with Crippen LogP contribution in [-0.4, -0.2) is 18.6 Å². The molecule has 0 amide bonds. The summed E-state index contributed by atoms with van der Waals surface area (Å²) in [7, 11) is -3.48. The van der Waals surface area contributed by atoms with Crippen LogP contribution in [0.2, 0.25) is 5.02 Å². The summed E-state index contributed by atoms with van der Waals surface area (Å²) in [5, 5.41) is 3.42. The van der Waals surface area contributed by atoms with E-state index in [2.05, 4.69) is 17.1 Å². The summed E-state index contributed by atoms with van der Waals surface area (Å²) in [5.74, 6) is 0.537. The molecule has 1 aromatic carbocycles. The standard InChI is InChI=1S/C15H19ClN2O3S/c1-3-4-9-14-17-15(21-18-14)11(2)22(19,20)10-12-7-5-6-8-13(12)16/h5-8,11H,3-4,9-10H2,1-2H3/t11-/m1/s1. The second-order valence-electron chi connectivity index (χ2n) is 5.19. The highest BCUT2D eigenvalue weighted by atomic mass is 35.5. The number of unbranched alkanes of at least 4 members (excludes halogenated alkanes) is 1.